The van der Waals surface area contributed by atoms with E-state index in [1.54, 1.807) is 30.1 Å². The van der Waals surface area contributed by atoms with Crippen molar-refractivity contribution in [2.45, 2.75) is 25.6 Å². The van der Waals surface area contributed by atoms with Crippen LogP contribution in [0.25, 0.3) is 11.4 Å². The number of ether oxygens (including phenoxy) is 1. The number of nitrogens with two attached hydrogens (primary N) is 1. The van der Waals surface area contributed by atoms with Gasteiger partial charge >= 0.3 is 6.36 Å². The van der Waals surface area contributed by atoms with Crippen LogP contribution in [0, 0.1) is 0 Å². The van der Waals surface area contributed by atoms with Gasteiger partial charge in [-0.1, -0.05) is 0 Å². The quantitative estimate of drug-likeness (QED) is 0.532. The number of carbonyl (C=O) groups excluding carboxylic acids is 1. The Hall–Kier alpha value is -3.87. The summed E-state index contributed by atoms with van der Waals surface area (Å²) in [4.78, 5) is 25.2. The molecule has 37 heavy (non-hydrogen) atoms. The van der Waals surface area contributed by atoms with Crippen molar-refractivity contribution in [1.29, 1.82) is 0 Å². The number of likely N-dealkylation sites (N-methyl/N-ethyl adjacent to an activating group) is 1. The van der Waals surface area contributed by atoms with E-state index >= 15 is 0 Å². The van der Waals surface area contributed by atoms with Crippen molar-refractivity contribution in [3.05, 3.63) is 41.2 Å². The minimum absolute atomic E-state index is 0.0883. The highest BCUT2D eigenvalue weighted by Gasteiger charge is 2.33. The van der Waals surface area contributed by atoms with Crippen LogP contribution in [0.4, 0.5) is 30.5 Å². The molecule has 2 aliphatic rings. The van der Waals surface area contributed by atoms with Crippen LogP contribution < -0.4 is 20.7 Å². The molecule has 5 rings (SSSR count). The van der Waals surface area contributed by atoms with Gasteiger partial charge in [0.15, 0.2) is 11.4 Å². The molecule has 3 N–H and O–H groups in total. The summed E-state index contributed by atoms with van der Waals surface area (Å²) in [6.07, 6.45) is -1.21. The zero-order valence-corrected chi connectivity index (χ0v) is 20.5. The molecule has 0 saturated carbocycles. The van der Waals surface area contributed by atoms with E-state index in [4.69, 9.17) is 5.73 Å². The molecule has 2 aromatic heterocycles. The van der Waals surface area contributed by atoms with Gasteiger partial charge in [-0.2, -0.15) is 5.10 Å². The summed E-state index contributed by atoms with van der Waals surface area (Å²) in [5.74, 6) is -0.917. The fraction of sp³-hybridized carbons (Fsp3) is 0.417. The molecule has 0 unspecified atom stereocenters. The van der Waals surface area contributed by atoms with Gasteiger partial charge in [0.1, 0.15) is 0 Å². The van der Waals surface area contributed by atoms with Gasteiger partial charge in [-0.15, -0.1) is 13.2 Å². The number of carbonyl (C=O) groups is 1. The number of piperazine rings is 1. The molecule has 3 aromatic rings. The van der Waals surface area contributed by atoms with E-state index in [0.29, 0.717) is 29.8 Å². The molecule has 10 nitrogen and oxygen atoms in total. The molecule has 1 amide bonds. The van der Waals surface area contributed by atoms with Gasteiger partial charge in [0.2, 0.25) is 5.95 Å². The lowest BCUT2D eigenvalue weighted by Crippen LogP contribution is -2.44. The lowest BCUT2D eigenvalue weighted by Gasteiger charge is -2.34. The number of nitrogens with one attached hydrogen (secondary N) is 1. The van der Waals surface area contributed by atoms with E-state index in [2.05, 4.69) is 34.9 Å². The van der Waals surface area contributed by atoms with Gasteiger partial charge in [0, 0.05) is 50.7 Å². The van der Waals surface area contributed by atoms with Gasteiger partial charge < -0.3 is 25.6 Å². The second-order valence-electron chi connectivity index (χ2n) is 9.23. The van der Waals surface area contributed by atoms with E-state index < -0.39 is 12.3 Å². The monoisotopic (exact) mass is 516 g/mol. The number of alkyl halides is 3. The maximum atomic E-state index is 13.2. The Morgan fingerprint density at radius 2 is 1.89 bits per heavy atom. The van der Waals surface area contributed by atoms with Crippen LogP contribution in [0.5, 0.6) is 5.75 Å². The third-order valence-electron chi connectivity index (χ3n) is 6.64. The van der Waals surface area contributed by atoms with Crippen LogP contribution in [-0.4, -0.2) is 70.1 Å². The van der Waals surface area contributed by atoms with Crippen molar-refractivity contribution in [3.63, 3.8) is 0 Å². The van der Waals surface area contributed by atoms with E-state index in [1.165, 1.54) is 6.07 Å². The smallest absolute Gasteiger partial charge is 0.404 e. The summed E-state index contributed by atoms with van der Waals surface area (Å²) in [5.41, 5.74) is 9.33. The normalized spacial score (nSPS) is 16.1. The first-order valence-corrected chi connectivity index (χ1v) is 11.9. The molecule has 1 saturated heterocycles. The van der Waals surface area contributed by atoms with Gasteiger partial charge in [-0.3, -0.25) is 9.48 Å². The Kier molecular flexibility index (Phi) is 6.40. The number of benzene rings is 1. The van der Waals surface area contributed by atoms with Crippen molar-refractivity contribution < 1.29 is 22.7 Å². The predicted molar refractivity (Wildman–Crippen MR) is 131 cm³/mol. The van der Waals surface area contributed by atoms with Gasteiger partial charge in [0.05, 0.1) is 17.1 Å². The van der Waals surface area contributed by atoms with E-state index in [9.17, 15) is 18.0 Å². The molecule has 0 spiro atoms. The van der Waals surface area contributed by atoms with Crippen LogP contribution in [0.3, 0.4) is 0 Å². The zero-order valence-electron chi connectivity index (χ0n) is 20.5. The van der Waals surface area contributed by atoms with Crippen molar-refractivity contribution in [3.8, 4) is 17.1 Å². The topological polar surface area (TPSA) is 114 Å². The number of aryl methyl sites for hydroxylation is 2. The molecular weight excluding hydrogens is 489 g/mol. The standard InChI is InChI=1S/C24H27F3N8O2/c1-33-8-10-35(11-9-33)15-6-7-18(37-24(25,26)27)17(12-15)30-23-29-13-14-4-3-5-16-20(22(28)36)32-34(2)21(16)19(14)31-23/h6-7,12-13H,3-5,8-11H2,1-2H3,(H2,28,36)(H,29,30,31). The predicted octanol–water partition coefficient (Wildman–Crippen LogP) is 2.86. The van der Waals surface area contributed by atoms with Gasteiger partial charge in [0.25, 0.3) is 5.91 Å². The van der Waals surface area contributed by atoms with Crippen molar-refractivity contribution in [2.24, 2.45) is 12.8 Å². The molecule has 0 bridgehead atoms. The molecule has 196 valence electrons. The maximum absolute atomic E-state index is 13.2. The lowest BCUT2D eigenvalue weighted by molar-refractivity contribution is -0.274. The number of halogens is 3. The van der Waals surface area contributed by atoms with E-state index in [0.717, 1.165) is 43.9 Å². The molecule has 0 atom stereocenters. The number of aromatic nitrogens is 4. The summed E-state index contributed by atoms with van der Waals surface area (Å²) >= 11 is 0. The van der Waals surface area contributed by atoms with Crippen LogP contribution in [0.1, 0.15) is 28.0 Å². The summed E-state index contributed by atoms with van der Waals surface area (Å²) in [5, 5.41) is 7.20. The van der Waals surface area contributed by atoms with Crippen LogP contribution in [0.2, 0.25) is 0 Å². The number of primary amides is 1. The molecule has 0 radical (unpaired) electrons. The van der Waals surface area contributed by atoms with Crippen molar-refractivity contribution in [2.75, 3.05) is 43.4 Å². The van der Waals surface area contributed by atoms with Crippen molar-refractivity contribution >= 4 is 23.2 Å². The summed E-state index contributed by atoms with van der Waals surface area (Å²) in [7, 11) is 3.73. The number of hydrogen-bond donors (Lipinski definition) is 2. The minimum atomic E-state index is -4.87. The number of hydrogen-bond acceptors (Lipinski definition) is 8. The number of nitrogens with zero attached hydrogens (tertiary/aromatic N) is 6. The summed E-state index contributed by atoms with van der Waals surface area (Å²) < 4.78 is 45.3. The Morgan fingerprint density at radius 1 is 1.14 bits per heavy atom. The average molecular weight is 517 g/mol. The first-order valence-electron chi connectivity index (χ1n) is 11.9. The number of amides is 1. The number of rotatable bonds is 5. The third-order valence-corrected chi connectivity index (χ3v) is 6.64. The van der Waals surface area contributed by atoms with Gasteiger partial charge in [-0.05, 0) is 50.1 Å². The molecule has 1 aliphatic heterocycles. The Labute approximate surface area is 211 Å². The van der Waals surface area contributed by atoms with Crippen LogP contribution in [-0.2, 0) is 19.9 Å². The first-order chi connectivity index (χ1) is 17.6. The summed E-state index contributed by atoms with van der Waals surface area (Å²) in [6.45, 7) is 3.18. The van der Waals surface area contributed by atoms with Crippen molar-refractivity contribution in [1.82, 2.24) is 24.6 Å². The van der Waals surface area contributed by atoms with Crippen LogP contribution >= 0.6 is 0 Å². The molecule has 3 heterocycles. The Bertz CT molecular complexity index is 1330. The molecular formula is C24H27F3N8O2. The Balaban J connectivity index is 1.53. The molecule has 1 aliphatic carbocycles. The molecule has 1 fully saturated rings. The van der Waals surface area contributed by atoms with Gasteiger partial charge in [-0.25, -0.2) is 9.97 Å². The van der Waals surface area contributed by atoms with E-state index in [1.807, 2.05) is 7.05 Å². The highest BCUT2D eigenvalue weighted by atomic mass is 19.4. The van der Waals surface area contributed by atoms with E-state index in [-0.39, 0.29) is 23.1 Å². The summed E-state index contributed by atoms with van der Waals surface area (Å²) in [6, 6.07) is 4.52. The average Bonchev–Trinajstić information content (AvgIpc) is 3.05. The maximum Gasteiger partial charge on any atom is 0.573 e. The highest BCUT2D eigenvalue weighted by Crippen LogP contribution is 2.37. The largest absolute Gasteiger partial charge is 0.573 e. The first kappa shape index (κ1) is 24.8. The SMILES string of the molecule is CN1CCN(c2ccc(OC(F)(F)F)c(Nc3ncc4c(n3)-c3c(c(C(N)=O)nn3C)CCC4)c2)CC1. The number of fused-ring (bicyclic) bond motifs is 3. The fourth-order valence-electron chi connectivity index (χ4n) is 4.82. The number of anilines is 3. The lowest BCUT2D eigenvalue weighted by atomic mass is 10.1. The third kappa shape index (κ3) is 5.17. The second kappa shape index (κ2) is 9.54. The molecule has 1 aromatic carbocycles. The minimum Gasteiger partial charge on any atom is -0.404 e. The fourth-order valence-corrected chi connectivity index (χ4v) is 4.82. The molecule has 13 heteroatoms. The van der Waals surface area contributed by atoms with Crippen LogP contribution in [0.15, 0.2) is 24.4 Å². The Morgan fingerprint density at radius 3 is 2.59 bits per heavy atom. The highest BCUT2D eigenvalue weighted by molar-refractivity contribution is 5.94. The zero-order chi connectivity index (χ0) is 26.3. The second-order valence-corrected chi connectivity index (χ2v) is 9.23.